The molecule has 0 unspecified atom stereocenters. The van der Waals surface area contributed by atoms with Crippen molar-refractivity contribution in [1.29, 1.82) is 0 Å². The third-order valence-electron chi connectivity index (χ3n) is 4.50. The van der Waals surface area contributed by atoms with Crippen molar-refractivity contribution in [2.24, 2.45) is 5.10 Å². The highest BCUT2D eigenvalue weighted by Crippen LogP contribution is 2.32. The number of hydrogen-bond donors (Lipinski definition) is 1. The Morgan fingerprint density at radius 1 is 1.17 bits per heavy atom. The van der Waals surface area contributed by atoms with Crippen molar-refractivity contribution in [1.82, 2.24) is 5.43 Å². The van der Waals surface area contributed by atoms with Crippen LogP contribution in [0, 0.1) is 17.0 Å². The molecule has 0 saturated heterocycles. The fourth-order valence-corrected chi connectivity index (χ4v) is 2.98. The largest absolute Gasteiger partial charge is 0.455 e. The molecule has 0 aliphatic carbocycles. The summed E-state index contributed by atoms with van der Waals surface area (Å²) in [6, 6.07) is 13.5. The van der Waals surface area contributed by atoms with Gasteiger partial charge in [-0.3, -0.25) is 14.9 Å². The molecular formula is C21H17N3O6. The number of aryl methyl sites for hydroxylation is 1. The molecule has 0 radical (unpaired) electrons. The second kappa shape index (κ2) is 8.08. The molecule has 0 spiro atoms. The van der Waals surface area contributed by atoms with Gasteiger partial charge in [-0.15, -0.1) is 0 Å². The Morgan fingerprint density at radius 2 is 2.00 bits per heavy atom. The maximum atomic E-state index is 12.1. The topological polar surface area (TPSA) is 116 Å². The minimum Gasteiger partial charge on any atom is -0.455 e. The lowest BCUT2D eigenvalue weighted by atomic mass is 10.1. The number of amides is 1. The van der Waals surface area contributed by atoms with Gasteiger partial charge in [0.1, 0.15) is 11.5 Å². The van der Waals surface area contributed by atoms with Gasteiger partial charge in [-0.2, -0.15) is 5.10 Å². The molecule has 152 valence electrons. The van der Waals surface area contributed by atoms with Crippen LogP contribution in [0.3, 0.4) is 0 Å². The highest BCUT2D eigenvalue weighted by atomic mass is 16.7. The maximum absolute atomic E-state index is 12.1. The normalized spacial score (nSPS) is 12.3. The van der Waals surface area contributed by atoms with Crippen LogP contribution >= 0.6 is 0 Å². The second-order valence-electron chi connectivity index (χ2n) is 6.62. The van der Waals surface area contributed by atoms with Crippen LogP contribution < -0.4 is 14.9 Å². The van der Waals surface area contributed by atoms with Crippen molar-refractivity contribution in [2.75, 3.05) is 6.79 Å². The van der Waals surface area contributed by atoms with Gasteiger partial charge < -0.3 is 13.9 Å². The van der Waals surface area contributed by atoms with E-state index in [9.17, 15) is 14.9 Å². The summed E-state index contributed by atoms with van der Waals surface area (Å²) in [5, 5.41) is 15.0. The molecule has 1 N–H and O–H groups in total. The standard InChI is InChI=1S/C21H17N3O6/c1-13-2-4-15(10-17(13)24(26)27)18-7-5-16(30-18)11-22-23-21(25)9-14-3-6-19-20(8-14)29-12-28-19/h2-8,10-11H,9,12H2,1H3,(H,23,25). The van der Waals surface area contributed by atoms with Crippen molar-refractivity contribution < 1.29 is 23.6 Å². The average molecular weight is 407 g/mol. The van der Waals surface area contributed by atoms with Crippen molar-refractivity contribution in [3.63, 3.8) is 0 Å². The van der Waals surface area contributed by atoms with Gasteiger partial charge in [0.25, 0.3) is 5.69 Å². The van der Waals surface area contributed by atoms with E-state index in [0.29, 0.717) is 34.1 Å². The second-order valence-corrected chi connectivity index (χ2v) is 6.62. The van der Waals surface area contributed by atoms with Crippen LogP contribution in [0.15, 0.2) is 58.0 Å². The highest BCUT2D eigenvalue weighted by molar-refractivity contribution is 5.82. The molecule has 2 aromatic carbocycles. The summed E-state index contributed by atoms with van der Waals surface area (Å²) in [6.07, 6.45) is 1.49. The molecule has 0 bridgehead atoms. The van der Waals surface area contributed by atoms with Crippen molar-refractivity contribution in [2.45, 2.75) is 13.3 Å². The first-order chi connectivity index (χ1) is 14.5. The first kappa shape index (κ1) is 19.2. The molecule has 9 nitrogen and oxygen atoms in total. The van der Waals surface area contributed by atoms with E-state index in [4.69, 9.17) is 13.9 Å². The Bertz CT molecular complexity index is 1150. The van der Waals surface area contributed by atoms with Crippen LogP contribution in [0.1, 0.15) is 16.9 Å². The van der Waals surface area contributed by atoms with Gasteiger partial charge in [0.2, 0.25) is 12.7 Å². The quantitative estimate of drug-likeness (QED) is 0.379. The molecule has 1 amide bonds. The summed E-state index contributed by atoms with van der Waals surface area (Å²) in [5.74, 6) is 1.84. The molecule has 9 heteroatoms. The van der Waals surface area contributed by atoms with E-state index in [1.54, 1.807) is 49.4 Å². The van der Waals surface area contributed by atoms with Gasteiger partial charge in [-0.1, -0.05) is 18.2 Å². The third-order valence-corrected chi connectivity index (χ3v) is 4.50. The summed E-state index contributed by atoms with van der Waals surface area (Å²) in [5.41, 5.74) is 4.39. The van der Waals surface area contributed by atoms with Crippen LogP contribution in [0.5, 0.6) is 11.5 Å². The van der Waals surface area contributed by atoms with Crippen LogP contribution in [0.25, 0.3) is 11.3 Å². The number of nitrogens with zero attached hydrogens (tertiary/aromatic N) is 2. The van der Waals surface area contributed by atoms with E-state index in [1.165, 1.54) is 12.3 Å². The molecule has 4 rings (SSSR count). The van der Waals surface area contributed by atoms with Gasteiger partial charge in [-0.25, -0.2) is 5.43 Å². The van der Waals surface area contributed by atoms with E-state index < -0.39 is 4.92 Å². The SMILES string of the molecule is Cc1ccc(-c2ccc(C=NNC(=O)Cc3ccc4c(c3)OCO4)o2)cc1[N+](=O)[O-]. The van der Waals surface area contributed by atoms with E-state index >= 15 is 0 Å². The molecule has 1 aliphatic heterocycles. The number of hydrazone groups is 1. The lowest BCUT2D eigenvalue weighted by Gasteiger charge is -2.02. The number of rotatable bonds is 6. The first-order valence-electron chi connectivity index (χ1n) is 9.05. The molecule has 1 aliphatic rings. The van der Waals surface area contributed by atoms with Crippen molar-refractivity contribution in [3.8, 4) is 22.8 Å². The fraction of sp³-hybridized carbons (Fsp3) is 0.143. The molecule has 0 fully saturated rings. The minimum absolute atomic E-state index is 0.0231. The average Bonchev–Trinajstić information content (AvgIpc) is 3.37. The molecule has 0 saturated carbocycles. The molecule has 1 aromatic heterocycles. The van der Waals surface area contributed by atoms with E-state index in [0.717, 1.165) is 5.56 Å². The number of benzene rings is 2. The van der Waals surface area contributed by atoms with Gasteiger partial charge in [0.05, 0.1) is 17.6 Å². The van der Waals surface area contributed by atoms with Gasteiger partial charge >= 0.3 is 0 Å². The van der Waals surface area contributed by atoms with E-state index in [-0.39, 0.29) is 24.8 Å². The number of carbonyl (C=O) groups is 1. The Balaban J connectivity index is 1.37. The Labute approximate surface area is 171 Å². The lowest BCUT2D eigenvalue weighted by molar-refractivity contribution is -0.385. The monoisotopic (exact) mass is 407 g/mol. The predicted octanol–water partition coefficient (Wildman–Crippen LogP) is 3.58. The first-order valence-corrected chi connectivity index (χ1v) is 9.05. The molecule has 3 aromatic rings. The minimum atomic E-state index is -0.431. The lowest BCUT2D eigenvalue weighted by Crippen LogP contribution is -2.19. The predicted molar refractivity (Wildman–Crippen MR) is 108 cm³/mol. The third kappa shape index (κ3) is 4.14. The Morgan fingerprint density at radius 3 is 2.83 bits per heavy atom. The number of fused-ring (bicyclic) bond motifs is 1. The van der Waals surface area contributed by atoms with E-state index in [2.05, 4.69) is 10.5 Å². The van der Waals surface area contributed by atoms with Crippen molar-refractivity contribution >= 4 is 17.8 Å². The zero-order valence-corrected chi connectivity index (χ0v) is 16.0. The highest BCUT2D eigenvalue weighted by Gasteiger charge is 2.15. The number of nitro benzene ring substituents is 1. The maximum Gasteiger partial charge on any atom is 0.273 e. The number of carbonyl (C=O) groups excluding carboxylic acids is 1. The summed E-state index contributed by atoms with van der Waals surface area (Å²) in [7, 11) is 0. The fourth-order valence-electron chi connectivity index (χ4n) is 2.98. The number of nitro groups is 1. The molecular weight excluding hydrogens is 390 g/mol. The van der Waals surface area contributed by atoms with Crippen LogP contribution in [0.4, 0.5) is 5.69 Å². The van der Waals surface area contributed by atoms with Crippen molar-refractivity contribution in [3.05, 3.63) is 75.5 Å². The summed E-state index contributed by atoms with van der Waals surface area (Å²) in [4.78, 5) is 22.7. The molecule has 0 atom stereocenters. The van der Waals surface area contributed by atoms with Crippen LogP contribution in [-0.2, 0) is 11.2 Å². The molecule has 2 heterocycles. The number of hydrogen-bond acceptors (Lipinski definition) is 7. The number of nitrogens with one attached hydrogen (secondary N) is 1. The summed E-state index contributed by atoms with van der Waals surface area (Å²) < 4.78 is 16.2. The smallest absolute Gasteiger partial charge is 0.273 e. The summed E-state index contributed by atoms with van der Waals surface area (Å²) >= 11 is 0. The van der Waals surface area contributed by atoms with Gasteiger partial charge in [0.15, 0.2) is 11.5 Å². The molecule has 30 heavy (non-hydrogen) atoms. The number of furan rings is 1. The Kier molecular flexibility index (Phi) is 5.17. The van der Waals surface area contributed by atoms with Crippen LogP contribution in [-0.4, -0.2) is 23.8 Å². The summed E-state index contributed by atoms with van der Waals surface area (Å²) in [6.45, 7) is 1.85. The van der Waals surface area contributed by atoms with Gasteiger partial charge in [-0.05, 0) is 36.8 Å². The van der Waals surface area contributed by atoms with Crippen LogP contribution in [0.2, 0.25) is 0 Å². The number of ether oxygens (including phenoxy) is 2. The Hall–Kier alpha value is -4.14. The zero-order chi connectivity index (χ0) is 21.1. The van der Waals surface area contributed by atoms with Gasteiger partial charge in [0, 0.05) is 17.2 Å². The van der Waals surface area contributed by atoms with E-state index in [1.807, 2.05) is 0 Å². The zero-order valence-electron chi connectivity index (χ0n) is 16.0.